The number of unbranched alkanes of at least 4 members (excludes halogenated alkanes) is 1. The fourth-order valence-electron chi connectivity index (χ4n) is 2.55. The molecule has 1 heterocycles. The molecule has 0 aliphatic heterocycles. The van der Waals surface area contributed by atoms with Crippen LogP contribution in [0.1, 0.15) is 36.7 Å². The molecule has 1 atom stereocenters. The number of hydrogen-bond donors (Lipinski definition) is 4. The van der Waals surface area contributed by atoms with Crippen molar-refractivity contribution in [2.75, 3.05) is 0 Å². The van der Waals surface area contributed by atoms with E-state index in [2.05, 4.69) is 20.8 Å². The first-order valence-electron chi connectivity index (χ1n) is 8.67. The molecule has 0 spiro atoms. The molecular formula is C15H20BClF4N6O3. The second kappa shape index (κ2) is 11.8. The van der Waals surface area contributed by atoms with Gasteiger partial charge in [0, 0.05) is 12.1 Å². The lowest BCUT2D eigenvalue weighted by Crippen LogP contribution is -2.30. The fourth-order valence-corrected chi connectivity index (χ4v) is 2.55. The molecule has 2 aromatic rings. The van der Waals surface area contributed by atoms with Gasteiger partial charge in [-0.15, -0.1) is 17.5 Å². The summed E-state index contributed by atoms with van der Waals surface area (Å²) in [6.45, 7) is -0.967. The first kappa shape index (κ1) is 25.8. The quantitative estimate of drug-likeness (QED) is 0.136. The number of rotatable bonds is 10. The number of carbonyl (C=O) groups is 1. The first-order chi connectivity index (χ1) is 13.7. The minimum atomic E-state index is -1.96. The minimum absolute atomic E-state index is 0. The molecule has 1 aromatic carbocycles. The van der Waals surface area contributed by atoms with E-state index in [1.807, 2.05) is 0 Å². The van der Waals surface area contributed by atoms with Gasteiger partial charge in [0.25, 0.3) is 0 Å². The number of carbonyl (C=O) groups excluding carboxylic acids is 1. The highest BCUT2D eigenvalue weighted by molar-refractivity contribution is 6.40. The van der Waals surface area contributed by atoms with Crippen molar-refractivity contribution < 1.29 is 32.4 Å². The van der Waals surface area contributed by atoms with Crippen LogP contribution in [0.2, 0.25) is 6.32 Å². The van der Waals surface area contributed by atoms with E-state index >= 15 is 0 Å². The van der Waals surface area contributed by atoms with Gasteiger partial charge < -0.3 is 21.1 Å². The molecule has 0 fully saturated rings. The van der Waals surface area contributed by atoms with Crippen LogP contribution in [0.4, 0.5) is 17.6 Å². The number of nitrogens with one attached hydrogen (secondary N) is 1. The molecule has 166 valence electrons. The summed E-state index contributed by atoms with van der Waals surface area (Å²) in [6, 6.07) is -0.165. The molecule has 0 aliphatic rings. The van der Waals surface area contributed by atoms with Gasteiger partial charge in [-0.2, -0.15) is 0 Å². The molecule has 1 aromatic heterocycles. The predicted octanol–water partition coefficient (Wildman–Crippen LogP) is 0.611. The van der Waals surface area contributed by atoms with Crippen LogP contribution >= 0.6 is 12.4 Å². The lowest BCUT2D eigenvalue weighted by Gasteiger charge is -2.12. The summed E-state index contributed by atoms with van der Waals surface area (Å²) < 4.78 is 54.1. The Morgan fingerprint density at radius 1 is 1.20 bits per heavy atom. The second-order valence-electron chi connectivity index (χ2n) is 6.30. The number of nitrogens with two attached hydrogens (primary N) is 1. The second-order valence-corrected chi connectivity index (χ2v) is 6.30. The van der Waals surface area contributed by atoms with Crippen molar-refractivity contribution >= 4 is 25.4 Å². The SMILES string of the molecule is Cl.NC(CCCCB(O)O)c1nnnn1CC(=O)NCc1cc(F)c(F)c(F)c1F. The number of nitrogens with zero attached hydrogens (tertiary/aromatic N) is 4. The van der Waals surface area contributed by atoms with Crippen molar-refractivity contribution in [1.82, 2.24) is 25.5 Å². The molecule has 0 radical (unpaired) electrons. The number of aromatic nitrogens is 4. The van der Waals surface area contributed by atoms with Crippen molar-refractivity contribution in [3.8, 4) is 0 Å². The number of tetrazole rings is 1. The molecule has 9 nitrogen and oxygen atoms in total. The van der Waals surface area contributed by atoms with E-state index in [0.29, 0.717) is 25.3 Å². The molecule has 30 heavy (non-hydrogen) atoms. The molecule has 0 saturated heterocycles. The number of halogens is 5. The zero-order chi connectivity index (χ0) is 21.6. The van der Waals surface area contributed by atoms with E-state index < -0.39 is 54.4 Å². The predicted molar refractivity (Wildman–Crippen MR) is 99.0 cm³/mol. The largest absolute Gasteiger partial charge is 0.451 e. The number of benzene rings is 1. The van der Waals surface area contributed by atoms with E-state index in [0.717, 1.165) is 4.68 Å². The third kappa shape index (κ3) is 6.90. The van der Waals surface area contributed by atoms with Crippen LogP contribution in [-0.2, 0) is 17.9 Å². The summed E-state index contributed by atoms with van der Waals surface area (Å²) in [5.74, 6) is -7.55. The highest BCUT2D eigenvalue weighted by Crippen LogP contribution is 2.19. The van der Waals surface area contributed by atoms with E-state index in [-0.39, 0.29) is 31.1 Å². The molecular weight excluding hydrogens is 434 g/mol. The van der Waals surface area contributed by atoms with Crippen LogP contribution in [0, 0.1) is 23.3 Å². The average Bonchev–Trinajstić information content (AvgIpc) is 3.13. The Labute approximate surface area is 175 Å². The summed E-state index contributed by atoms with van der Waals surface area (Å²) in [5.41, 5.74) is 5.42. The Morgan fingerprint density at radius 2 is 1.90 bits per heavy atom. The average molecular weight is 455 g/mol. The highest BCUT2D eigenvalue weighted by Gasteiger charge is 2.20. The highest BCUT2D eigenvalue weighted by atomic mass is 35.5. The third-order valence-corrected chi connectivity index (χ3v) is 4.07. The van der Waals surface area contributed by atoms with Crippen molar-refractivity contribution in [2.24, 2.45) is 5.73 Å². The maximum absolute atomic E-state index is 13.6. The van der Waals surface area contributed by atoms with Gasteiger partial charge in [-0.05, 0) is 29.2 Å². The van der Waals surface area contributed by atoms with Crippen LogP contribution in [0.25, 0.3) is 0 Å². The Balaban J connectivity index is 0.00000450. The molecule has 1 unspecified atom stereocenters. The summed E-state index contributed by atoms with van der Waals surface area (Å²) in [4.78, 5) is 12.0. The van der Waals surface area contributed by atoms with E-state index in [1.54, 1.807) is 0 Å². The fraction of sp³-hybridized carbons (Fsp3) is 0.467. The third-order valence-electron chi connectivity index (χ3n) is 4.07. The summed E-state index contributed by atoms with van der Waals surface area (Å²) in [5, 5.41) is 30.7. The smallest absolute Gasteiger partial charge is 0.427 e. The monoisotopic (exact) mass is 454 g/mol. The summed E-state index contributed by atoms with van der Waals surface area (Å²) in [7, 11) is -1.40. The van der Waals surface area contributed by atoms with Crippen molar-refractivity contribution in [1.29, 1.82) is 0 Å². The lowest BCUT2D eigenvalue weighted by atomic mass is 9.83. The standard InChI is InChI=1S/C15H19BF4N6O3.ClH/c17-9-5-8(12(18)14(20)13(9)19)6-22-11(27)7-26-15(23-24-25-26)10(21)3-1-2-4-16(28)29;/h5,10,28-29H,1-4,6-7,21H2,(H,22,27);1H. The van der Waals surface area contributed by atoms with Gasteiger partial charge in [0.05, 0.1) is 6.04 Å². The Kier molecular flexibility index (Phi) is 10.1. The number of hydrogen-bond acceptors (Lipinski definition) is 7. The molecule has 0 aliphatic carbocycles. The van der Waals surface area contributed by atoms with Crippen LogP contribution in [0.3, 0.4) is 0 Å². The van der Waals surface area contributed by atoms with Gasteiger partial charge in [-0.1, -0.05) is 12.8 Å². The molecule has 0 bridgehead atoms. The van der Waals surface area contributed by atoms with Crippen molar-refractivity contribution in [3.05, 3.63) is 40.7 Å². The molecule has 0 saturated carbocycles. The maximum atomic E-state index is 13.6. The minimum Gasteiger partial charge on any atom is -0.427 e. The first-order valence-corrected chi connectivity index (χ1v) is 8.67. The molecule has 5 N–H and O–H groups in total. The lowest BCUT2D eigenvalue weighted by molar-refractivity contribution is -0.122. The van der Waals surface area contributed by atoms with Gasteiger partial charge in [0.1, 0.15) is 6.54 Å². The van der Waals surface area contributed by atoms with E-state index in [1.165, 1.54) is 0 Å². The zero-order valence-electron chi connectivity index (χ0n) is 15.6. The Bertz CT molecular complexity index is 860. The molecule has 15 heteroatoms. The number of amides is 1. The van der Waals surface area contributed by atoms with Crippen LogP contribution < -0.4 is 11.1 Å². The molecule has 2 rings (SSSR count). The van der Waals surface area contributed by atoms with Crippen LogP contribution in [0.5, 0.6) is 0 Å². The Hall–Kier alpha value is -2.29. The van der Waals surface area contributed by atoms with Crippen molar-refractivity contribution in [3.63, 3.8) is 0 Å². The van der Waals surface area contributed by atoms with E-state index in [4.69, 9.17) is 15.8 Å². The van der Waals surface area contributed by atoms with E-state index in [9.17, 15) is 22.4 Å². The van der Waals surface area contributed by atoms with Gasteiger partial charge in [0.2, 0.25) is 5.91 Å². The summed E-state index contributed by atoms with van der Waals surface area (Å²) >= 11 is 0. The maximum Gasteiger partial charge on any atom is 0.451 e. The summed E-state index contributed by atoms with van der Waals surface area (Å²) in [6.07, 6.45) is 1.71. The van der Waals surface area contributed by atoms with Crippen LogP contribution in [-0.4, -0.2) is 43.3 Å². The van der Waals surface area contributed by atoms with Crippen molar-refractivity contribution in [2.45, 2.75) is 44.7 Å². The molecule has 1 amide bonds. The zero-order valence-corrected chi connectivity index (χ0v) is 16.4. The van der Waals surface area contributed by atoms with Crippen LogP contribution in [0.15, 0.2) is 6.07 Å². The van der Waals surface area contributed by atoms with Gasteiger partial charge in [-0.3, -0.25) is 4.79 Å². The van der Waals surface area contributed by atoms with Gasteiger partial charge in [0.15, 0.2) is 29.1 Å². The normalized spacial score (nSPS) is 11.7. The van der Waals surface area contributed by atoms with Gasteiger partial charge in [-0.25, -0.2) is 22.2 Å². The topological polar surface area (TPSA) is 139 Å². The Morgan fingerprint density at radius 3 is 2.57 bits per heavy atom. The van der Waals surface area contributed by atoms with Gasteiger partial charge >= 0.3 is 7.12 Å².